The zero-order valence-corrected chi connectivity index (χ0v) is 9.94. The summed E-state index contributed by atoms with van der Waals surface area (Å²) in [5.74, 6) is -0.0403. The van der Waals surface area contributed by atoms with Crippen LogP contribution in [-0.2, 0) is 9.59 Å². The van der Waals surface area contributed by atoms with Gasteiger partial charge in [-0.3, -0.25) is 9.59 Å². The average molecular weight is 248 g/mol. The lowest BCUT2D eigenvalue weighted by Gasteiger charge is -2.09. The fraction of sp³-hybridized carbons (Fsp3) is 0.800. The Morgan fingerprint density at radius 3 is 2.56 bits per heavy atom. The van der Waals surface area contributed by atoms with Gasteiger partial charge in [0.1, 0.15) is 0 Å². The molecular formula is C10H18ClN3O2. The van der Waals surface area contributed by atoms with Crippen molar-refractivity contribution in [3.05, 3.63) is 0 Å². The molecule has 0 spiro atoms. The van der Waals surface area contributed by atoms with Gasteiger partial charge >= 0.3 is 0 Å². The summed E-state index contributed by atoms with van der Waals surface area (Å²) in [6.07, 6.45) is 3.02. The molecule has 1 heterocycles. The van der Waals surface area contributed by atoms with E-state index < -0.39 is 0 Å². The third kappa shape index (κ3) is 3.98. The molecule has 6 heteroatoms. The van der Waals surface area contributed by atoms with Crippen LogP contribution in [0.4, 0.5) is 0 Å². The molecule has 5 nitrogen and oxygen atoms in total. The highest BCUT2D eigenvalue weighted by atomic mass is 35.5. The van der Waals surface area contributed by atoms with Crippen molar-refractivity contribution in [2.45, 2.75) is 25.3 Å². The minimum absolute atomic E-state index is 0. The number of amides is 2. The molecule has 1 saturated heterocycles. The summed E-state index contributed by atoms with van der Waals surface area (Å²) in [7, 11) is 0. The lowest BCUT2D eigenvalue weighted by atomic mass is 10.1. The van der Waals surface area contributed by atoms with Gasteiger partial charge in [0.2, 0.25) is 11.8 Å². The number of hydrogen-bond acceptors (Lipinski definition) is 3. The fourth-order valence-corrected chi connectivity index (χ4v) is 1.70. The molecular weight excluding hydrogens is 230 g/mol. The molecule has 92 valence electrons. The molecule has 2 amide bonds. The molecule has 1 aliphatic carbocycles. The minimum atomic E-state index is -0.0724. The van der Waals surface area contributed by atoms with Crippen molar-refractivity contribution >= 4 is 24.2 Å². The fourth-order valence-electron chi connectivity index (χ4n) is 1.70. The van der Waals surface area contributed by atoms with E-state index in [1.807, 2.05) is 0 Å². The summed E-state index contributed by atoms with van der Waals surface area (Å²) in [6.45, 7) is 1.74. The Morgan fingerprint density at radius 1 is 1.25 bits per heavy atom. The van der Waals surface area contributed by atoms with Gasteiger partial charge in [-0.25, -0.2) is 0 Å². The van der Waals surface area contributed by atoms with E-state index in [2.05, 4.69) is 16.0 Å². The van der Waals surface area contributed by atoms with E-state index in [1.165, 1.54) is 0 Å². The first-order chi connectivity index (χ1) is 7.25. The Morgan fingerprint density at radius 2 is 2.00 bits per heavy atom. The summed E-state index contributed by atoms with van der Waals surface area (Å²) in [5.41, 5.74) is 0. The van der Waals surface area contributed by atoms with Crippen molar-refractivity contribution in [3.8, 4) is 0 Å². The van der Waals surface area contributed by atoms with Crippen LogP contribution in [0.2, 0.25) is 0 Å². The van der Waals surface area contributed by atoms with Crippen LogP contribution in [0.25, 0.3) is 0 Å². The second-order valence-electron chi connectivity index (χ2n) is 4.25. The maximum atomic E-state index is 11.5. The van der Waals surface area contributed by atoms with E-state index in [4.69, 9.17) is 0 Å². The number of halogens is 1. The van der Waals surface area contributed by atoms with E-state index >= 15 is 0 Å². The number of hydrogen-bond donors (Lipinski definition) is 3. The highest BCUT2D eigenvalue weighted by Crippen LogP contribution is 2.18. The molecule has 2 rings (SSSR count). The van der Waals surface area contributed by atoms with E-state index in [0.29, 0.717) is 6.04 Å². The maximum absolute atomic E-state index is 11.5. The van der Waals surface area contributed by atoms with Crippen LogP contribution in [0.3, 0.4) is 0 Å². The lowest BCUT2D eigenvalue weighted by Crippen LogP contribution is -2.40. The van der Waals surface area contributed by atoms with Crippen molar-refractivity contribution in [2.24, 2.45) is 5.92 Å². The zero-order chi connectivity index (χ0) is 10.7. The first-order valence-electron chi connectivity index (χ1n) is 5.53. The largest absolute Gasteiger partial charge is 0.352 e. The quantitative estimate of drug-likeness (QED) is 0.622. The Bertz CT molecular complexity index is 263. The van der Waals surface area contributed by atoms with Crippen molar-refractivity contribution in [1.82, 2.24) is 16.0 Å². The third-order valence-electron chi connectivity index (χ3n) is 2.80. The van der Waals surface area contributed by atoms with Crippen molar-refractivity contribution in [2.75, 3.05) is 19.6 Å². The Hall–Kier alpha value is -0.810. The first kappa shape index (κ1) is 13.3. The highest BCUT2D eigenvalue weighted by molar-refractivity contribution is 5.86. The number of nitrogens with one attached hydrogen (secondary N) is 3. The normalized spacial score (nSPS) is 23.4. The molecule has 16 heavy (non-hydrogen) atoms. The van der Waals surface area contributed by atoms with Gasteiger partial charge < -0.3 is 16.0 Å². The van der Waals surface area contributed by atoms with Crippen LogP contribution in [0.1, 0.15) is 19.3 Å². The molecule has 1 atom stereocenters. The Labute approximate surface area is 101 Å². The predicted octanol–water partition coefficient (Wildman–Crippen LogP) is -0.587. The molecule has 0 aromatic rings. The van der Waals surface area contributed by atoms with Crippen molar-refractivity contribution in [1.29, 1.82) is 0 Å². The maximum Gasteiger partial charge on any atom is 0.239 e. The zero-order valence-electron chi connectivity index (χ0n) is 9.12. The van der Waals surface area contributed by atoms with Gasteiger partial charge in [-0.05, 0) is 25.8 Å². The number of rotatable bonds is 4. The SMILES string of the molecule is Cl.O=C(CNC(=O)C1CCNC1)NC1CC1. The van der Waals surface area contributed by atoms with Crippen molar-refractivity contribution in [3.63, 3.8) is 0 Å². The number of carbonyl (C=O) groups excluding carboxylic acids is 2. The standard InChI is InChI=1S/C10H17N3O2.ClH/c14-9(13-8-1-2-8)6-12-10(15)7-3-4-11-5-7;/h7-8,11H,1-6H2,(H,12,15)(H,13,14);1H. The second-order valence-corrected chi connectivity index (χ2v) is 4.25. The predicted molar refractivity (Wildman–Crippen MR) is 62.4 cm³/mol. The van der Waals surface area contributed by atoms with Crippen LogP contribution in [-0.4, -0.2) is 37.5 Å². The van der Waals surface area contributed by atoms with Gasteiger partial charge in [-0.2, -0.15) is 0 Å². The number of carbonyl (C=O) groups is 2. The average Bonchev–Trinajstić information content (AvgIpc) is 2.86. The molecule has 0 radical (unpaired) electrons. The van der Waals surface area contributed by atoms with Gasteiger partial charge in [0.25, 0.3) is 0 Å². The Balaban J connectivity index is 0.00000128. The molecule has 0 bridgehead atoms. The molecule has 1 saturated carbocycles. The van der Waals surface area contributed by atoms with Crippen LogP contribution in [0.5, 0.6) is 0 Å². The molecule has 0 aromatic carbocycles. The summed E-state index contributed by atoms with van der Waals surface area (Å²) in [4.78, 5) is 22.8. The van der Waals surface area contributed by atoms with E-state index in [1.54, 1.807) is 0 Å². The van der Waals surface area contributed by atoms with Crippen molar-refractivity contribution < 1.29 is 9.59 Å². The summed E-state index contributed by atoms with van der Waals surface area (Å²) in [6, 6.07) is 0.363. The smallest absolute Gasteiger partial charge is 0.239 e. The van der Waals surface area contributed by atoms with E-state index in [0.717, 1.165) is 32.4 Å². The van der Waals surface area contributed by atoms with E-state index in [9.17, 15) is 9.59 Å². The first-order valence-corrected chi connectivity index (χ1v) is 5.53. The monoisotopic (exact) mass is 247 g/mol. The second kappa shape index (κ2) is 6.06. The summed E-state index contributed by atoms with van der Waals surface area (Å²) < 4.78 is 0. The van der Waals surface area contributed by atoms with Gasteiger partial charge in [-0.1, -0.05) is 0 Å². The summed E-state index contributed by atoms with van der Waals surface area (Å²) >= 11 is 0. The molecule has 3 N–H and O–H groups in total. The van der Waals surface area contributed by atoms with Crippen LogP contribution in [0, 0.1) is 5.92 Å². The van der Waals surface area contributed by atoms with Gasteiger partial charge in [0, 0.05) is 12.6 Å². The minimum Gasteiger partial charge on any atom is -0.352 e. The molecule has 1 aliphatic heterocycles. The van der Waals surface area contributed by atoms with Crippen LogP contribution >= 0.6 is 12.4 Å². The van der Waals surface area contributed by atoms with E-state index in [-0.39, 0.29) is 36.7 Å². The lowest BCUT2D eigenvalue weighted by molar-refractivity contribution is -0.128. The van der Waals surface area contributed by atoms with Gasteiger partial charge in [0.15, 0.2) is 0 Å². The van der Waals surface area contributed by atoms with Gasteiger partial charge in [-0.15, -0.1) is 12.4 Å². The molecule has 1 unspecified atom stereocenters. The van der Waals surface area contributed by atoms with Crippen LogP contribution < -0.4 is 16.0 Å². The highest BCUT2D eigenvalue weighted by Gasteiger charge is 2.25. The van der Waals surface area contributed by atoms with Crippen LogP contribution in [0.15, 0.2) is 0 Å². The molecule has 2 fully saturated rings. The molecule has 2 aliphatic rings. The third-order valence-corrected chi connectivity index (χ3v) is 2.80. The Kier molecular flexibility index (Phi) is 5.02. The molecule has 0 aromatic heterocycles. The summed E-state index contributed by atoms with van der Waals surface area (Å²) in [5, 5.41) is 8.62. The van der Waals surface area contributed by atoms with Gasteiger partial charge in [0.05, 0.1) is 12.5 Å². The topological polar surface area (TPSA) is 70.2 Å².